The molecule has 0 unspecified atom stereocenters. The summed E-state index contributed by atoms with van der Waals surface area (Å²) in [4.78, 5) is 16.6. The molecule has 3 rings (SSSR count). The third-order valence-corrected chi connectivity index (χ3v) is 17.5. The molecule has 2 aliphatic rings. The smallest absolute Gasteiger partial charge is 0.351 e. The quantitative estimate of drug-likeness (QED) is 0.547. The standard InChI is InChI=1S/C24H45N3O4Si2/c1-22(2,3)32(7,8)30-17-12-11-14-24(17)18(31-33(9,10)23(4,5)6)16-20(29-24)27-15-13-19(25)26-21(27)28/h13,15,17-18,20H,11-12,14,16H2,1-10H3,(H2,25,26,28)/t17-,18-,20+,24-/m1/s1. The van der Waals surface area contributed by atoms with Gasteiger partial charge in [0, 0.05) is 12.6 Å². The molecule has 1 saturated carbocycles. The third-order valence-electron chi connectivity index (χ3n) is 8.54. The molecule has 33 heavy (non-hydrogen) atoms. The maximum absolute atomic E-state index is 12.7. The fourth-order valence-electron chi connectivity index (χ4n) is 4.42. The van der Waals surface area contributed by atoms with Crippen LogP contribution in [-0.2, 0) is 13.6 Å². The number of aromatic nitrogens is 2. The van der Waals surface area contributed by atoms with Crippen LogP contribution < -0.4 is 11.4 Å². The van der Waals surface area contributed by atoms with Crippen LogP contribution in [0.15, 0.2) is 17.1 Å². The Labute approximate surface area is 201 Å². The Kier molecular flexibility index (Phi) is 6.92. The van der Waals surface area contributed by atoms with Crippen molar-refractivity contribution in [2.75, 3.05) is 5.73 Å². The molecular formula is C24H45N3O4Si2. The summed E-state index contributed by atoms with van der Waals surface area (Å²) in [5.74, 6) is 0.220. The Bertz CT molecular complexity index is 920. The van der Waals surface area contributed by atoms with E-state index in [-0.39, 0.29) is 33.8 Å². The summed E-state index contributed by atoms with van der Waals surface area (Å²) >= 11 is 0. The fourth-order valence-corrected chi connectivity index (χ4v) is 7.16. The van der Waals surface area contributed by atoms with Gasteiger partial charge in [-0.25, -0.2) is 4.79 Å². The molecular weight excluding hydrogens is 450 g/mol. The van der Waals surface area contributed by atoms with E-state index in [4.69, 9.17) is 19.3 Å². The lowest BCUT2D eigenvalue weighted by molar-refractivity contribution is -0.142. The van der Waals surface area contributed by atoms with E-state index in [1.807, 2.05) is 0 Å². The maximum atomic E-state index is 12.7. The van der Waals surface area contributed by atoms with Crippen molar-refractivity contribution in [2.24, 2.45) is 0 Å². The second-order valence-electron chi connectivity index (χ2n) is 12.9. The van der Waals surface area contributed by atoms with Crippen molar-refractivity contribution in [3.8, 4) is 0 Å². The molecule has 7 nitrogen and oxygen atoms in total. The fraction of sp³-hybridized carbons (Fsp3) is 0.833. The van der Waals surface area contributed by atoms with Crippen LogP contribution in [-0.4, -0.2) is 44.0 Å². The van der Waals surface area contributed by atoms with E-state index >= 15 is 0 Å². The van der Waals surface area contributed by atoms with Crippen LogP contribution in [0.5, 0.6) is 0 Å². The number of hydrogen-bond acceptors (Lipinski definition) is 6. The molecule has 0 radical (unpaired) electrons. The van der Waals surface area contributed by atoms with E-state index < -0.39 is 28.5 Å². The van der Waals surface area contributed by atoms with Crippen LogP contribution in [0.2, 0.25) is 36.3 Å². The molecule has 1 aliphatic heterocycles. The lowest BCUT2D eigenvalue weighted by atomic mass is 9.93. The van der Waals surface area contributed by atoms with Crippen LogP contribution in [0.4, 0.5) is 5.82 Å². The van der Waals surface area contributed by atoms with Crippen molar-refractivity contribution in [2.45, 2.75) is 128 Å². The molecule has 0 amide bonds. The van der Waals surface area contributed by atoms with E-state index in [1.165, 1.54) is 0 Å². The molecule has 2 heterocycles. The lowest BCUT2D eigenvalue weighted by Gasteiger charge is -2.46. The van der Waals surface area contributed by atoms with Crippen molar-refractivity contribution >= 4 is 22.5 Å². The lowest BCUT2D eigenvalue weighted by Crippen LogP contribution is -2.57. The van der Waals surface area contributed by atoms with Gasteiger partial charge in [0.25, 0.3) is 0 Å². The van der Waals surface area contributed by atoms with Crippen molar-refractivity contribution in [1.29, 1.82) is 0 Å². The van der Waals surface area contributed by atoms with Gasteiger partial charge in [0.05, 0.1) is 12.2 Å². The molecule has 1 spiro atoms. The minimum absolute atomic E-state index is 0.0457. The summed E-state index contributed by atoms with van der Waals surface area (Å²) in [5, 5.41) is 0.169. The highest BCUT2D eigenvalue weighted by atomic mass is 28.4. The number of nitrogens with two attached hydrogens (primary N) is 1. The zero-order valence-electron chi connectivity index (χ0n) is 22.3. The average Bonchev–Trinajstić information content (AvgIpc) is 3.17. The number of anilines is 1. The highest BCUT2D eigenvalue weighted by Crippen LogP contribution is 2.53. The largest absolute Gasteiger partial charge is 0.411 e. The van der Waals surface area contributed by atoms with Gasteiger partial charge in [-0.05, 0) is 61.6 Å². The zero-order chi connectivity index (χ0) is 25.0. The van der Waals surface area contributed by atoms with Gasteiger partial charge in [-0.3, -0.25) is 4.57 Å². The Morgan fingerprint density at radius 3 is 2.12 bits per heavy atom. The molecule has 1 saturated heterocycles. The molecule has 9 heteroatoms. The van der Waals surface area contributed by atoms with Crippen molar-refractivity contribution in [3.05, 3.63) is 22.7 Å². The predicted octanol–water partition coefficient (Wildman–Crippen LogP) is 5.45. The van der Waals surface area contributed by atoms with Gasteiger partial charge in [-0.15, -0.1) is 0 Å². The molecule has 188 valence electrons. The molecule has 1 aromatic rings. The minimum Gasteiger partial charge on any atom is -0.411 e. The van der Waals surface area contributed by atoms with E-state index in [9.17, 15) is 4.79 Å². The Morgan fingerprint density at radius 2 is 1.61 bits per heavy atom. The summed E-state index contributed by atoms with van der Waals surface area (Å²) in [7, 11) is -4.12. The van der Waals surface area contributed by atoms with E-state index in [0.29, 0.717) is 6.42 Å². The van der Waals surface area contributed by atoms with Crippen molar-refractivity contribution in [1.82, 2.24) is 9.55 Å². The highest BCUT2D eigenvalue weighted by molar-refractivity contribution is 6.74. The molecule has 1 aromatic heterocycles. The summed E-state index contributed by atoms with van der Waals surface area (Å²) in [5.41, 5.74) is 4.79. The zero-order valence-corrected chi connectivity index (χ0v) is 24.3. The minimum atomic E-state index is -2.09. The number of nitrogens with zero attached hydrogens (tertiary/aromatic N) is 2. The van der Waals surface area contributed by atoms with Crippen LogP contribution >= 0.6 is 0 Å². The van der Waals surface area contributed by atoms with Gasteiger partial charge in [-0.1, -0.05) is 41.5 Å². The Balaban J connectivity index is 2.01. The number of hydrogen-bond donors (Lipinski definition) is 1. The normalized spacial score (nSPS) is 29.2. The van der Waals surface area contributed by atoms with Crippen molar-refractivity contribution < 1.29 is 13.6 Å². The first-order chi connectivity index (χ1) is 14.9. The second kappa shape index (κ2) is 8.58. The van der Waals surface area contributed by atoms with Gasteiger partial charge in [-0.2, -0.15) is 4.98 Å². The van der Waals surface area contributed by atoms with Crippen molar-refractivity contribution in [3.63, 3.8) is 0 Å². The number of ether oxygens (including phenoxy) is 1. The van der Waals surface area contributed by atoms with Gasteiger partial charge in [0.15, 0.2) is 16.6 Å². The first-order valence-corrected chi connectivity index (χ1v) is 18.1. The molecule has 0 bridgehead atoms. The third kappa shape index (κ3) is 5.03. The predicted molar refractivity (Wildman–Crippen MR) is 138 cm³/mol. The van der Waals surface area contributed by atoms with Gasteiger partial charge in [0.2, 0.25) is 0 Å². The molecule has 2 N–H and O–H groups in total. The molecule has 1 aliphatic carbocycles. The monoisotopic (exact) mass is 495 g/mol. The number of nitrogen functional groups attached to an aromatic ring is 1. The topological polar surface area (TPSA) is 88.6 Å². The second-order valence-corrected chi connectivity index (χ2v) is 22.4. The Hall–Kier alpha value is -1.01. The highest BCUT2D eigenvalue weighted by Gasteiger charge is 2.61. The molecule has 4 atom stereocenters. The first kappa shape index (κ1) is 26.6. The van der Waals surface area contributed by atoms with Crippen LogP contribution in [0.25, 0.3) is 0 Å². The number of rotatable bonds is 5. The summed E-state index contributed by atoms with van der Waals surface area (Å²) in [6.45, 7) is 22.7. The van der Waals surface area contributed by atoms with Crippen LogP contribution in [0, 0.1) is 0 Å². The van der Waals surface area contributed by atoms with Crippen LogP contribution in [0.1, 0.15) is 73.5 Å². The summed E-state index contributed by atoms with van der Waals surface area (Å²) in [6, 6.07) is 1.65. The van der Waals surface area contributed by atoms with Gasteiger partial charge in [0.1, 0.15) is 17.6 Å². The van der Waals surface area contributed by atoms with Crippen LogP contribution in [0.3, 0.4) is 0 Å². The molecule has 0 aromatic carbocycles. The van der Waals surface area contributed by atoms with E-state index in [0.717, 1.165) is 19.3 Å². The van der Waals surface area contributed by atoms with Gasteiger partial charge >= 0.3 is 5.69 Å². The maximum Gasteiger partial charge on any atom is 0.351 e. The Morgan fingerprint density at radius 1 is 1.06 bits per heavy atom. The average molecular weight is 496 g/mol. The summed E-state index contributed by atoms with van der Waals surface area (Å²) < 4.78 is 22.4. The van der Waals surface area contributed by atoms with Gasteiger partial charge < -0.3 is 19.3 Å². The first-order valence-electron chi connectivity index (χ1n) is 12.3. The van der Waals surface area contributed by atoms with E-state index in [1.54, 1.807) is 16.8 Å². The molecule has 2 fully saturated rings. The SMILES string of the molecule is CC(C)(C)[Si](C)(C)O[C@@H]1CCC[C@@]12O[C@H](n1ccc(N)nc1=O)C[C@H]2O[Si](C)(C)C(C)(C)C. The summed E-state index contributed by atoms with van der Waals surface area (Å²) in [6.07, 6.45) is 4.53. The van der Waals surface area contributed by atoms with E-state index in [2.05, 4.69) is 72.7 Å².